The second-order valence-electron chi connectivity index (χ2n) is 5.54. The molecule has 0 radical (unpaired) electrons. The molecule has 2 aromatic carbocycles. The third kappa shape index (κ3) is 4.26. The van der Waals surface area contributed by atoms with Gasteiger partial charge in [0.2, 0.25) is 5.91 Å². The molecule has 1 heterocycles. The predicted octanol–water partition coefficient (Wildman–Crippen LogP) is 3.87. The Morgan fingerprint density at radius 2 is 1.79 bits per heavy atom. The molecule has 0 aliphatic heterocycles. The van der Waals surface area contributed by atoms with Crippen molar-refractivity contribution in [2.24, 2.45) is 5.10 Å². The zero-order chi connectivity index (χ0) is 20.1. The summed E-state index contributed by atoms with van der Waals surface area (Å²) in [5.74, 6) is -2.33. The highest BCUT2D eigenvalue weighted by Crippen LogP contribution is 2.30. The van der Waals surface area contributed by atoms with E-state index >= 15 is 0 Å². The van der Waals surface area contributed by atoms with E-state index in [-0.39, 0.29) is 16.4 Å². The molecule has 0 unspecified atom stereocenters. The number of carbonyl (C=O) groups is 2. The van der Waals surface area contributed by atoms with Gasteiger partial charge < -0.3 is 0 Å². The van der Waals surface area contributed by atoms with Gasteiger partial charge in [0.25, 0.3) is 5.91 Å². The fourth-order valence-electron chi connectivity index (χ4n) is 2.34. The van der Waals surface area contributed by atoms with Gasteiger partial charge in [-0.2, -0.15) is 5.10 Å². The summed E-state index contributed by atoms with van der Waals surface area (Å²) >= 11 is 1.11. The number of hydrazone groups is 1. The van der Waals surface area contributed by atoms with Crippen LogP contribution in [0.4, 0.5) is 19.6 Å². The first kappa shape index (κ1) is 19.3. The molecule has 28 heavy (non-hydrogen) atoms. The lowest BCUT2D eigenvalue weighted by atomic mass is 10.2. The lowest BCUT2D eigenvalue weighted by Gasteiger charge is -2.18. The maximum Gasteiger partial charge on any atom is 0.274 e. The number of hydrogen-bond acceptors (Lipinski definition) is 5. The standard InChI is InChI=1S/C19H14F2N4O2S/c1-12(26)25(17-9-5-4-8-16(17)21)19-23-13(11-28-19)10-22-24-18(27)14-6-2-3-7-15(14)20/h2-11H,1H3,(H,24,27)/b22-10-. The molecule has 0 aliphatic rings. The quantitative estimate of drug-likeness (QED) is 0.522. The molecule has 1 N–H and O–H groups in total. The molecule has 0 fully saturated rings. The maximum atomic E-state index is 14.1. The minimum absolute atomic E-state index is 0.0840. The number of benzene rings is 2. The van der Waals surface area contributed by atoms with Crippen LogP contribution < -0.4 is 10.3 Å². The van der Waals surface area contributed by atoms with Crippen molar-refractivity contribution in [2.45, 2.75) is 6.92 Å². The molecule has 9 heteroatoms. The van der Waals surface area contributed by atoms with Gasteiger partial charge in [0.15, 0.2) is 5.13 Å². The average molecular weight is 400 g/mol. The number of carbonyl (C=O) groups excluding carboxylic acids is 2. The van der Waals surface area contributed by atoms with Crippen LogP contribution in [0.5, 0.6) is 0 Å². The summed E-state index contributed by atoms with van der Waals surface area (Å²) in [7, 11) is 0. The third-order valence-corrected chi connectivity index (χ3v) is 4.43. The van der Waals surface area contributed by atoms with Gasteiger partial charge in [-0.25, -0.2) is 19.2 Å². The SMILES string of the molecule is CC(=O)N(c1nc(/C=N\NC(=O)c2ccccc2F)cs1)c1ccccc1F. The summed E-state index contributed by atoms with van der Waals surface area (Å²) in [5, 5.41) is 5.58. The van der Waals surface area contributed by atoms with E-state index in [1.165, 1.54) is 55.6 Å². The van der Waals surface area contributed by atoms with Crippen LogP contribution in [0.25, 0.3) is 0 Å². The number of thiazole rings is 1. The molecule has 0 spiro atoms. The lowest BCUT2D eigenvalue weighted by molar-refractivity contribution is -0.115. The number of para-hydroxylation sites is 1. The Morgan fingerprint density at radius 1 is 1.11 bits per heavy atom. The Labute approximate surface area is 163 Å². The fraction of sp³-hybridized carbons (Fsp3) is 0.0526. The number of nitrogens with zero attached hydrogens (tertiary/aromatic N) is 3. The second kappa shape index (κ2) is 8.49. The van der Waals surface area contributed by atoms with E-state index in [0.717, 1.165) is 16.2 Å². The third-order valence-electron chi connectivity index (χ3n) is 3.59. The van der Waals surface area contributed by atoms with E-state index in [4.69, 9.17) is 0 Å². The molecule has 1 aromatic heterocycles. The molecule has 3 aromatic rings. The van der Waals surface area contributed by atoms with E-state index < -0.39 is 23.4 Å². The lowest BCUT2D eigenvalue weighted by Crippen LogP contribution is -2.23. The van der Waals surface area contributed by atoms with Gasteiger partial charge in [-0.15, -0.1) is 11.3 Å². The van der Waals surface area contributed by atoms with Crippen LogP contribution in [0, 0.1) is 11.6 Å². The summed E-state index contributed by atoms with van der Waals surface area (Å²) < 4.78 is 27.6. The first-order valence-electron chi connectivity index (χ1n) is 8.06. The van der Waals surface area contributed by atoms with E-state index in [1.54, 1.807) is 11.4 Å². The largest absolute Gasteiger partial charge is 0.274 e. The van der Waals surface area contributed by atoms with Crippen molar-refractivity contribution in [2.75, 3.05) is 4.90 Å². The van der Waals surface area contributed by atoms with Crippen molar-refractivity contribution in [3.05, 3.63) is 76.8 Å². The van der Waals surface area contributed by atoms with Crippen LogP contribution in [-0.4, -0.2) is 23.0 Å². The monoisotopic (exact) mass is 400 g/mol. The number of halogens is 2. The Morgan fingerprint density at radius 3 is 2.46 bits per heavy atom. The Bertz CT molecular complexity index is 1050. The van der Waals surface area contributed by atoms with E-state index in [2.05, 4.69) is 15.5 Å². The number of anilines is 2. The van der Waals surface area contributed by atoms with Crippen molar-refractivity contribution in [3.63, 3.8) is 0 Å². The molecule has 0 saturated carbocycles. The summed E-state index contributed by atoms with van der Waals surface area (Å²) in [5.41, 5.74) is 2.49. The van der Waals surface area contributed by atoms with E-state index in [9.17, 15) is 18.4 Å². The average Bonchev–Trinajstić information content (AvgIpc) is 3.12. The minimum Gasteiger partial charge on any atom is -0.274 e. The maximum absolute atomic E-state index is 14.1. The molecule has 6 nitrogen and oxygen atoms in total. The number of aromatic nitrogens is 1. The first-order valence-corrected chi connectivity index (χ1v) is 8.94. The Kier molecular flexibility index (Phi) is 5.85. The fourth-order valence-corrected chi connectivity index (χ4v) is 3.17. The van der Waals surface area contributed by atoms with Crippen LogP contribution in [0.15, 0.2) is 59.0 Å². The second-order valence-corrected chi connectivity index (χ2v) is 6.38. The van der Waals surface area contributed by atoms with Crippen molar-refractivity contribution >= 4 is 40.2 Å². The zero-order valence-electron chi connectivity index (χ0n) is 14.6. The van der Waals surface area contributed by atoms with Crippen LogP contribution in [0.2, 0.25) is 0 Å². The van der Waals surface area contributed by atoms with Gasteiger partial charge in [-0.1, -0.05) is 24.3 Å². The molecule has 3 rings (SSSR count). The number of hydrogen-bond donors (Lipinski definition) is 1. The van der Waals surface area contributed by atoms with Crippen molar-refractivity contribution in [3.8, 4) is 0 Å². The van der Waals surface area contributed by atoms with Crippen molar-refractivity contribution < 1.29 is 18.4 Å². The number of rotatable bonds is 5. The summed E-state index contributed by atoms with van der Waals surface area (Å²) in [4.78, 5) is 29.3. The number of nitrogens with one attached hydrogen (secondary N) is 1. The van der Waals surface area contributed by atoms with Gasteiger partial charge in [0.1, 0.15) is 11.6 Å². The molecular weight excluding hydrogens is 386 g/mol. The molecule has 0 bridgehead atoms. The van der Waals surface area contributed by atoms with E-state index in [1.807, 2.05) is 0 Å². The van der Waals surface area contributed by atoms with Gasteiger partial charge in [0, 0.05) is 12.3 Å². The normalized spacial score (nSPS) is 10.8. The van der Waals surface area contributed by atoms with Gasteiger partial charge in [-0.05, 0) is 24.3 Å². The highest BCUT2D eigenvalue weighted by Gasteiger charge is 2.20. The molecule has 142 valence electrons. The van der Waals surface area contributed by atoms with Gasteiger partial charge in [0.05, 0.1) is 23.2 Å². The molecule has 0 saturated heterocycles. The van der Waals surface area contributed by atoms with Crippen LogP contribution in [0.1, 0.15) is 23.0 Å². The highest BCUT2D eigenvalue weighted by atomic mass is 32.1. The van der Waals surface area contributed by atoms with Gasteiger partial charge >= 0.3 is 0 Å². The number of amides is 2. The summed E-state index contributed by atoms with van der Waals surface area (Å²) in [6, 6.07) is 11.4. The zero-order valence-corrected chi connectivity index (χ0v) is 15.4. The van der Waals surface area contributed by atoms with Crippen molar-refractivity contribution in [1.82, 2.24) is 10.4 Å². The molecule has 2 amide bonds. The van der Waals surface area contributed by atoms with Crippen LogP contribution >= 0.6 is 11.3 Å². The molecule has 0 atom stereocenters. The highest BCUT2D eigenvalue weighted by molar-refractivity contribution is 7.14. The first-order chi connectivity index (χ1) is 13.5. The van der Waals surface area contributed by atoms with E-state index in [0.29, 0.717) is 5.69 Å². The van der Waals surface area contributed by atoms with Gasteiger partial charge in [-0.3, -0.25) is 14.5 Å². The topological polar surface area (TPSA) is 74.7 Å². The minimum atomic E-state index is -0.707. The molecule has 0 aliphatic carbocycles. The Balaban J connectivity index is 1.75. The van der Waals surface area contributed by atoms with Crippen LogP contribution in [-0.2, 0) is 4.79 Å². The Hall–Kier alpha value is -3.46. The summed E-state index contributed by atoms with van der Waals surface area (Å²) in [6.07, 6.45) is 1.25. The summed E-state index contributed by atoms with van der Waals surface area (Å²) in [6.45, 7) is 1.30. The predicted molar refractivity (Wildman–Crippen MR) is 103 cm³/mol. The van der Waals surface area contributed by atoms with Crippen LogP contribution in [0.3, 0.4) is 0 Å². The molecular formula is C19H14F2N4O2S. The van der Waals surface area contributed by atoms with Crippen molar-refractivity contribution in [1.29, 1.82) is 0 Å². The smallest absolute Gasteiger partial charge is 0.274 e.